The summed E-state index contributed by atoms with van der Waals surface area (Å²) in [4.78, 5) is 14.3. The molecule has 4 nitrogen and oxygen atoms in total. The summed E-state index contributed by atoms with van der Waals surface area (Å²) in [5, 5.41) is 10.2. The van der Waals surface area contributed by atoms with Crippen molar-refractivity contribution in [1.29, 1.82) is 5.26 Å². The first-order valence-corrected chi connectivity index (χ1v) is 7.32. The molecule has 21 heavy (non-hydrogen) atoms. The fraction of sp³-hybridized carbons (Fsp3) is 0.412. The van der Waals surface area contributed by atoms with Crippen molar-refractivity contribution in [2.24, 2.45) is 5.92 Å². The van der Waals surface area contributed by atoms with Gasteiger partial charge in [0.25, 0.3) is 0 Å². The van der Waals surface area contributed by atoms with Gasteiger partial charge in [0.15, 0.2) is 5.56 Å². The molecule has 1 aliphatic rings. The molecule has 108 valence electrons. The van der Waals surface area contributed by atoms with Crippen LogP contribution in [0.15, 0.2) is 27.4 Å². The smallest absolute Gasteiger partial charge is 0.356 e. The van der Waals surface area contributed by atoms with Crippen molar-refractivity contribution in [3.63, 3.8) is 0 Å². The molecule has 1 fully saturated rings. The quantitative estimate of drug-likeness (QED) is 0.754. The highest BCUT2D eigenvalue weighted by atomic mass is 16.4. The van der Waals surface area contributed by atoms with Gasteiger partial charge >= 0.3 is 5.63 Å². The Morgan fingerprint density at radius 1 is 1.43 bits per heavy atom. The monoisotopic (exact) mass is 282 g/mol. The van der Waals surface area contributed by atoms with Gasteiger partial charge in [-0.3, -0.25) is 0 Å². The van der Waals surface area contributed by atoms with Crippen molar-refractivity contribution in [3.05, 3.63) is 39.7 Å². The average Bonchev–Trinajstić information content (AvgIpc) is 2.46. The number of aryl methyl sites for hydroxylation is 1. The maximum atomic E-state index is 12.1. The normalized spacial score (nSPS) is 18.7. The van der Waals surface area contributed by atoms with E-state index in [9.17, 15) is 10.1 Å². The van der Waals surface area contributed by atoms with E-state index in [0.29, 0.717) is 11.5 Å². The van der Waals surface area contributed by atoms with E-state index < -0.39 is 5.63 Å². The number of hydrogen-bond acceptors (Lipinski definition) is 4. The van der Waals surface area contributed by atoms with Gasteiger partial charge in [-0.25, -0.2) is 4.79 Å². The molecule has 0 radical (unpaired) electrons. The number of benzene rings is 1. The van der Waals surface area contributed by atoms with Gasteiger partial charge in [0.1, 0.15) is 11.7 Å². The summed E-state index contributed by atoms with van der Waals surface area (Å²) in [6, 6.07) is 7.76. The predicted octanol–water partition coefficient (Wildman–Crippen LogP) is 3.21. The van der Waals surface area contributed by atoms with Gasteiger partial charge in [0, 0.05) is 18.5 Å². The lowest BCUT2D eigenvalue weighted by Crippen LogP contribution is -2.35. The van der Waals surface area contributed by atoms with Crippen LogP contribution in [0.4, 0.5) is 5.69 Å². The third-order valence-corrected chi connectivity index (χ3v) is 4.12. The molecule has 1 aliphatic heterocycles. The van der Waals surface area contributed by atoms with Crippen LogP contribution in [0.3, 0.4) is 0 Å². The Bertz CT molecular complexity index is 786. The molecular formula is C17H18N2O2. The number of rotatable bonds is 1. The Balaban J connectivity index is 2.29. The molecule has 1 atom stereocenters. The third-order valence-electron chi connectivity index (χ3n) is 4.12. The first kappa shape index (κ1) is 13.7. The van der Waals surface area contributed by atoms with Gasteiger partial charge in [-0.1, -0.05) is 18.6 Å². The highest BCUT2D eigenvalue weighted by Gasteiger charge is 2.24. The number of fused-ring (bicyclic) bond motifs is 1. The SMILES string of the molecule is Cc1ccc2oc(=O)c(C#N)c(N3CCCC(C)C3)c2c1. The number of nitrogens with zero attached hydrogens (tertiary/aromatic N) is 2. The summed E-state index contributed by atoms with van der Waals surface area (Å²) in [6.45, 7) is 5.96. The average molecular weight is 282 g/mol. The maximum Gasteiger partial charge on any atom is 0.356 e. The van der Waals surface area contributed by atoms with E-state index in [1.807, 2.05) is 31.2 Å². The lowest BCUT2D eigenvalue weighted by atomic mass is 9.98. The number of hydrogen-bond donors (Lipinski definition) is 0. The lowest BCUT2D eigenvalue weighted by Gasteiger charge is -2.33. The Morgan fingerprint density at radius 2 is 2.24 bits per heavy atom. The van der Waals surface area contributed by atoms with E-state index in [-0.39, 0.29) is 5.56 Å². The molecular weight excluding hydrogens is 264 g/mol. The molecule has 0 N–H and O–H groups in total. The first-order valence-electron chi connectivity index (χ1n) is 7.32. The second-order valence-electron chi connectivity index (χ2n) is 5.92. The molecule has 0 bridgehead atoms. The molecule has 0 aliphatic carbocycles. The molecule has 3 rings (SSSR count). The zero-order chi connectivity index (χ0) is 15.0. The van der Waals surface area contributed by atoms with E-state index in [1.165, 1.54) is 6.42 Å². The molecule has 0 saturated carbocycles. The minimum Gasteiger partial charge on any atom is -0.422 e. The highest BCUT2D eigenvalue weighted by Crippen LogP contribution is 2.32. The fourth-order valence-electron chi connectivity index (χ4n) is 3.12. The van der Waals surface area contributed by atoms with Gasteiger partial charge in [-0.2, -0.15) is 5.26 Å². The van der Waals surface area contributed by atoms with Gasteiger partial charge in [-0.05, 0) is 37.8 Å². The zero-order valence-corrected chi connectivity index (χ0v) is 12.3. The molecule has 1 unspecified atom stereocenters. The summed E-state index contributed by atoms with van der Waals surface area (Å²) in [6.07, 6.45) is 2.27. The summed E-state index contributed by atoms with van der Waals surface area (Å²) in [5.74, 6) is 0.567. The second kappa shape index (κ2) is 5.25. The molecule has 0 spiro atoms. The molecule has 1 aromatic carbocycles. The number of anilines is 1. The molecule has 0 amide bonds. The number of piperidine rings is 1. The Morgan fingerprint density at radius 3 is 2.95 bits per heavy atom. The van der Waals surface area contributed by atoms with Crippen LogP contribution >= 0.6 is 0 Å². The van der Waals surface area contributed by atoms with Crippen molar-refractivity contribution in [1.82, 2.24) is 0 Å². The second-order valence-corrected chi connectivity index (χ2v) is 5.92. The summed E-state index contributed by atoms with van der Waals surface area (Å²) < 4.78 is 5.29. The number of nitriles is 1. The van der Waals surface area contributed by atoms with Crippen molar-refractivity contribution in [3.8, 4) is 6.07 Å². The highest BCUT2D eigenvalue weighted by molar-refractivity contribution is 5.93. The van der Waals surface area contributed by atoms with Crippen LogP contribution in [0.5, 0.6) is 0 Å². The Hall–Kier alpha value is -2.28. The van der Waals surface area contributed by atoms with Crippen molar-refractivity contribution in [2.45, 2.75) is 26.7 Å². The molecule has 4 heteroatoms. The van der Waals surface area contributed by atoms with Gasteiger partial charge in [0.2, 0.25) is 0 Å². The van der Waals surface area contributed by atoms with E-state index in [1.54, 1.807) is 0 Å². The third kappa shape index (κ3) is 2.40. The standard InChI is InChI=1S/C17H18N2O2/c1-11-5-6-15-13(8-11)16(14(9-18)17(20)21-15)19-7-3-4-12(2)10-19/h5-6,8,12H,3-4,7,10H2,1-2H3. The van der Waals surface area contributed by atoms with E-state index in [4.69, 9.17) is 4.42 Å². The van der Waals surface area contributed by atoms with Gasteiger partial charge in [-0.15, -0.1) is 0 Å². The molecule has 1 saturated heterocycles. The summed E-state index contributed by atoms with van der Waals surface area (Å²) >= 11 is 0. The minimum absolute atomic E-state index is 0.127. The van der Waals surface area contributed by atoms with Crippen LogP contribution in [0, 0.1) is 24.2 Å². The van der Waals surface area contributed by atoms with E-state index in [2.05, 4.69) is 11.8 Å². The van der Waals surface area contributed by atoms with Crippen LogP contribution in [0.25, 0.3) is 11.0 Å². The van der Waals surface area contributed by atoms with Crippen molar-refractivity contribution < 1.29 is 4.42 Å². The summed E-state index contributed by atoms with van der Waals surface area (Å²) in [7, 11) is 0. The Labute approximate surface area is 123 Å². The van der Waals surface area contributed by atoms with Crippen molar-refractivity contribution >= 4 is 16.7 Å². The molecule has 2 heterocycles. The van der Waals surface area contributed by atoms with Crippen LogP contribution in [0.1, 0.15) is 30.9 Å². The summed E-state index contributed by atoms with van der Waals surface area (Å²) in [5.41, 5.74) is 1.98. The van der Waals surface area contributed by atoms with E-state index in [0.717, 1.165) is 36.1 Å². The van der Waals surface area contributed by atoms with Crippen LogP contribution in [0.2, 0.25) is 0 Å². The van der Waals surface area contributed by atoms with Gasteiger partial charge < -0.3 is 9.32 Å². The van der Waals surface area contributed by atoms with Crippen molar-refractivity contribution in [2.75, 3.05) is 18.0 Å². The minimum atomic E-state index is -0.540. The lowest BCUT2D eigenvalue weighted by molar-refractivity contribution is 0.446. The van der Waals surface area contributed by atoms with E-state index >= 15 is 0 Å². The zero-order valence-electron chi connectivity index (χ0n) is 12.3. The van der Waals surface area contributed by atoms with Crippen LogP contribution in [-0.4, -0.2) is 13.1 Å². The first-order chi connectivity index (χ1) is 10.1. The topological polar surface area (TPSA) is 57.2 Å². The Kier molecular flexibility index (Phi) is 3.42. The largest absolute Gasteiger partial charge is 0.422 e. The molecule has 1 aromatic heterocycles. The predicted molar refractivity (Wildman–Crippen MR) is 82.5 cm³/mol. The van der Waals surface area contributed by atoms with Crippen LogP contribution in [-0.2, 0) is 0 Å². The maximum absolute atomic E-state index is 12.1. The van der Waals surface area contributed by atoms with Gasteiger partial charge in [0.05, 0.1) is 5.69 Å². The van der Waals surface area contributed by atoms with Crippen LogP contribution < -0.4 is 10.5 Å². The molecule has 2 aromatic rings. The fourth-order valence-corrected chi connectivity index (χ4v) is 3.12.